The number of aliphatic carboxylic acids is 1. The summed E-state index contributed by atoms with van der Waals surface area (Å²) in [5, 5.41) is 18.2. The molecule has 7 heteroatoms. The summed E-state index contributed by atoms with van der Waals surface area (Å²) in [7, 11) is 0. The van der Waals surface area contributed by atoms with Crippen molar-refractivity contribution < 1.29 is 19.5 Å². The fourth-order valence-electron chi connectivity index (χ4n) is 4.33. The Kier molecular flexibility index (Phi) is 10.1. The van der Waals surface area contributed by atoms with Gasteiger partial charge in [-0.2, -0.15) is 0 Å². The molecular weight excluding hydrogens is 358 g/mol. The van der Waals surface area contributed by atoms with E-state index in [0.29, 0.717) is 25.4 Å². The molecule has 0 aliphatic heterocycles. The van der Waals surface area contributed by atoms with E-state index in [1.165, 1.54) is 19.3 Å². The minimum absolute atomic E-state index is 0.0545. The van der Waals surface area contributed by atoms with Gasteiger partial charge in [-0.15, -0.1) is 0 Å². The molecule has 7 nitrogen and oxygen atoms in total. The zero-order chi connectivity index (χ0) is 20.2. The van der Waals surface area contributed by atoms with Crippen LogP contribution >= 0.6 is 0 Å². The van der Waals surface area contributed by atoms with E-state index >= 15 is 0 Å². The number of carbonyl (C=O) groups is 3. The summed E-state index contributed by atoms with van der Waals surface area (Å²) in [5.74, 6) is -1.32. The highest BCUT2D eigenvalue weighted by Crippen LogP contribution is 2.24. The van der Waals surface area contributed by atoms with Crippen molar-refractivity contribution in [1.29, 1.82) is 0 Å². The molecule has 28 heavy (non-hydrogen) atoms. The molecule has 0 aromatic rings. The molecule has 0 radical (unpaired) electrons. The fraction of sp³-hybridized carbons (Fsp3) is 0.857. The molecule has 2 aliphatic carbocycles. The van der Waals surface area contributed by atoms with Gasteiger partial charge in [0.15, 0.2) is 0 Å². The topological polar surface area (TPSA) is 108 Å². The Balaban J connectivity index is 1.53. The van der Waals surface area contributed by atoms with E-state index in [1.54, 1.807) is 0 Å². The molecule has 4 N–H and O–H groups in total. The van der Waals surface area contributed by atoms with Crippen molar-refractivity contribution in [2.24, 2.45) is 5.92 Å². The zero-order valence-electron chi connectivity index (χ0n) is 17.0. The summed E-state index contributed by atoms with van der Waals surface area (Å²) < 4.78 is 0. The van der Waals surface area contributed by atoms with Gasteiger partial charge in [0, 0.05) is 25.0 Å². The number of hydrogen-bond donors (Lipinski definition) is 4. The van der Waals surface area contributed by atoms with Crippen LogP contribution in [0, 0.1) is 5.92 Å². The van der Waals surface area contributed by atoms with Crippen molar-refractivity contribution in [2.75, 3.05) is 6.54 Å². The van der Waals surface area contributed by atoms with Gasteiger partial charge >= 0.3 is 12.0 Å². The molecule has 0 bridgehead atoms. The van der Waals surface area contributed by atoms with Crippen LogP contribution in [-0.4, -0.2) is 41.6 Å². The molecule has 0 heterocycles. The number of rotatable bonds is 9. The Hall–Kier alpha value is -1.79. The average molecular weight is 396 g/mol. The van der Waals surface area contributed by atoms with Gasteiger partial charge in [-0.05, 0) is 38.5 Å². The fourth-order valence-corrected chi connectivity index (χ4v) is 4.33. The molecule has 2 atom stereocenters. The van der Waals surface area contributed by atoms with Crippen LogP contribution in [-0.2, 0) is 9.59 Å². The molecule has 2 saturated carbocycles. The average Bonchev–Trinajstić information content (AvgIpc) is 2.91. The third kappa shape index (κ3) is 8.48. The monoisotopic (exact) mass is 395 g/mol. The van der Waals surface area contributed by atoms with Crippen molar-refractivity contribution >= 4 is 17.9 Å². The number of amides is 3. The second-order valence-electron chi connectivity index (χ2n) is 8.30. The van der Waals surface area contributed by atoms with Gasteiger partial charge in [0.2, 0.25) is 5.91 Å². The number of carboxylic acids is 1. The van der Waals surface area contributed by atoms with Gasteiger partial charge in [0.25, 0.3) is 0 Å². The van der Waals surface area contributed by atoms with Crippen LogP contribution in [0.2, 0.25) is 0 Å². The third-order valence-electron chi connectivity index (χ3n) is 5.99. The van der Waals surface area contributed by atoms with E-state index in [0.717, 1.165) is 57.8 Å². The van der Waals surface area contributed by atoms with Gasteiger partial charge in [-0.1, -0.05) is 44.9 Å². The highest BCUT2D eigenvalue weighted by atomic mass is 16.4. The van der Waals surface area contributed by atoms with Crippen molar-refractivity contribution in [3.05, 3.63) is 0 Å². The first-order chi connectivity index (χ1) is 13.6. The number of unbranched alkanes of at least 4 members (excludes halogenated alkanes) is 2. The predicted molar refractivity (Wildman–Crippen MR) is 108 cm³/mol. The summed E-state index contributed by atoms with van der Waals surface area (Å²) in [6, 6.07) is -0.00793. The van der Waals surface area contributed by atoms with Crippen molar-refractivity contribution in [3.8, 4) is 0 Å². The summed E-state index contributed by atoms with van der Waals surface area (Å²) in [4.78, 5) is 35.4. The van der Waals surface area contributed by atoms with Crippen LogP contribution in [0.4, 0.5) is 4.79 Å². The van der Waals surface area contributed by atoms with Crippen molar-refractivity contribution in [1.82, 2.24) is 16.0 Å². The first kappa shape index (κ1) is 22.5. The molecule has 2 aliphatic rings. The lowest BCUT2D eigenvalue weighted by Crippen LogP contribution is -2.43. The Morgan fingerprint density at radius 3 is 2.18 bits per heavy atom. The van der Waals surface area contributed by atoms with Gasteiger partial charge in [0.1, 0.15) is 0 Å². The highest BCUT2D eigenvalue weighted by Gasteiger charge is 2.30. The van der Waals surface area contributed by atoms with Crippen LogP contribution < -0.4 is 16.0 Å². The molecule has 0 unspecified atom stereocenters. The van der Waals surface area contributed by atoms with Gasteiger partial charge in [-0.3, -0.25) is 9.59 Å². The summed E-state index contributed by atoms with van der Waals surface area (Å²) >= 11 is 0. The molecule has 3 amide bonds. The number of hydrogen-bond acceptors (Lipinski definition) is 3. The molecule has 2 fully saturated rings. The molecule has 0 aromatic heterocycles. The minimum Gasteiger partial charge on any atom is -0.481 e. The largest absolute Gasteiger partial charge is 0.481 e. The Morgan fingerprint density at radius 1 is 0.786 bits per heavy atom. The van der Waals surface area contributed by atoms with Gasteiger partial charge in [-0.25, -0.2) is 4.79 Å². The first-order valence-electron chi connectivity index (χ1n) is 11.1. The SMILES string of the molecule is O=C(CCCCCNC(=O)NC1CCCCC1)N[C@H]1CCCCC[C@H]1C(=O)O. The molecule has 160 valence electrons. The second-order valence-corrected chi connectivity index (χ2v) is 8.30. The van der Waals surface area contributed by atoms with Gasteiger partial charge in [0.05, 0.1) is 5.92 Å². The maximum absolute atomic E-state index is 12.2. The van der Waals surface area contributed by atoms with Crippen LogP contribution in [0.1, 0.15) is 89.9 Å². The van der Waals surface area contributed by atoms with Crippen molar-refractivity contribution in [2.45, 2.75) is 102 Å². The molecule has 0 spiro atoms. The lowest BCUT2D eigenvalue weighted by molar-refractivity contribution is -0.143. The Labute approximate surface area is 168 Å². The smallest absolute Gasteiger partial charge is 0.315 e. The molecule has 0 saturated heterocycles. The summed E-state index contributed by atoms with van der Waals surface area (Å²) in [5.41, 5.74) is 0. The third-order valence-corrected chi connectivity index (χ3v) is 5.99. The molecular formula is C21H37N3O4. The van der Waals surface area contributed by atoms with Crippen LogP contribution in [0.15, 0.2) is 0 Å². The second kappa shape index (κ2) is 12.6. The normalized spacial score (nSPS) is 23.4. The van der Waals surface area contributed by atoms with E-state index in [1.807, 2.05) is 0 Å². The summed E-state index contributed by atoms with van der Waals surface area (Å²) in [6.07, 6.45) is 13.0. The van der Waals surface area contributed by atoms with Crippen LogP contribution in [0.5, 0.6) is 0 Å². The number of carbonyl (C=O) groups excluding carboxylic acids is 2. The van der Waals surface area contributed by atoms with E-state index < -0.39 is 11.9 Å². The minimum atomic E-state index is -0.801. The number of urea groups is 1. The lowest BCUT2D eigenvalue weighted by Gasteiger charge is -2.23. The van der Waals surface area contributed by atoms with Gasteiger partial charge < -0.3 is 21.1 Å². The lowest BCUT2D eigenvalue weighted by atomic mass is 9.94. The Bertz CT molecular complexity index is 506. The first-order valence-corrected chi connectivity index (χ1v) is 11.1. The summed E-state index contributed by atoms with van der Waals surface area (Å²) in [6.45, 7) is 0.615. The predicted octanol–water partition coefficient (Wildman–Crippen LogP) is 3.33. The number of carboxylic acid groups (broad SMARTS) is 1. The van der Waals surface area contributed by atoms with E-state index in [2.05, 4.69) is 16.0 Å². The maximum Gasteiger partial charge on any atom is 0.315 e. The van der Waals surface area contributed by atoms with E-state index in [4.69, 9.17) is 0 Å². The van der Waals surface area contributed by atoms with Crippen molar-refractivity contribution in [3.63, 3.8) is 0 Å². The molecule has 2 rings (SSSR count). The maximum atomic E-state index is 12.2. The van der Waals surface area contributed by atoms with E-state index in [-0.39, 0.29) is 18.0 Å². The Morgan fingerprint density at radius 2 is 1.46 bits per heavy atom. The highest BCUT2D eigenvalue weighted by molar-refractivity contribution is 5.78. The van der Waals surface area contributed by atoms with Crippen LogP contribution in [0.3, 0.4) is 0 Å². The zero-order valence-corrected chi connectivity index (χ0v) is 17.0. The van der Waals surface area contributed by atoms with Crippen LogP contribution in [0.25, 0.3) is 0 Å². The number of nitrogens with one attached hydrogen (secondary N) is 3. The quantitative estimate of drug-likeness (QED) is 0.355. The van der Waals surface area contributed by atoms with E-state index in [9.17, 15) is 19.5 Å². The molecule has 0 aromatic carbocycles. The standard InChI is InChI=1S/C21H37N3O4/c25-19(24-18-13-7-2-6-12-17(18)20(26)27)14-8-3-9-15-22-21(28)23-16-10-4-1-5-11-16/h16-18H,1-15H2,(H,24,25)(H,26,27)(H2,22,23,28)/t17-,18+/m1/s1.